The van der Waals surface area contributed by atoms with Gasteiger partial charge in [-0.25, -0.2) is 0 Å². The van der Waals surface area contributed by atoms with Crippen LogP contribution in [0.2, 0.25) is 0 Å². The fourth-order valence-electron chi connectivity index (χ4n) is 1.17. The molecule has 0 radical (unpaired) electrons. The number of unbranched alkanes of at least 4 members (excludes halogenated alkanes) is 1. The Morgan fingerprint density at radius 1 is 1.29 bits per heavy atom. The minimum atomic E-state index is -0.840. The third-order valence-electron chi connectivity index (χ3n) is 2.00. The van der Waals surface area contributed by atoms with E-state index >= 15 is 0 Å². The molecule has 0 aliphatic rings. The molecule has 0 saturated heterocycles. The van der Waals surface area contributed by atoms with Gasteiger partial charge in [-0.05, 0) is 38.0 Å². The van der Waals surface area contributed by atoms with Crippen LogP contribution in [0.3, 0.4) is 0 Å². The molecular formula is C12H20NNaO3. The summed E-state index contributed by atoms with van der Waals surface area (Å²) in [6, 6.07) is 0. The molecule has 0 saturated carbocycles. The van der Waals surface area contributed by atoms with Crippen LogP contribution in [-0.4, -0.2) is 23.5 Å². The van der Waals surface area contributed by atoms with E-state index < -0.39 is 5.97 Å². The molecule has 0 aromatic carbocycles. The number of rotatable bonds is 9. The smallest absolute Gasteiger partial charge is 0.862 e. The normalized spacial score (nSPS) is 11.5. The van der Waals surface area contributed by atoms with E-state index in [0.29, 0.717) is 19.4 Å². The number of aliphatic imine (C=N–C) groups is 1. The van der Waals surface area contributed by atoms with Gasteiger partial charge in [0, 0.05) is 13.0 Å². The van der Waals surface area contributed by atoms with Crippen molar-refractivity contribution >= 4 is 11.9 Å². The van der Waals surface area contributed by atoms with Gasteiger partial charge in [0.05, 0.1) is 0 Å². The van der Waals surface area contributed by atoms with Gasteiger partial charge in [-0.1, -0.05) is 19.1 Å². The summed E-state index contributed by atoms with van der Waals surface area (Å²) < 4.78 is 0. The fraction of sp³-hybridized carbons (Fsp3) is 0.667. The number of allylic oxidation sites excluding steroid dienone is 2. The van der Waals surface area contributed by atoms with Gasteiger partial charge in [0.25, 0.3) is 0 Å². The van der Waals surface area contributed by atoms with Crippen LogP contribution in [-0.2, 0) is 4.79 Å². The average Bonchev–Trinajstić information content (AvgIpc) is 2.24. The maximum absolute atomic E-state index is 11.2. The summed E-state index contributed by atoms with van der Waals surface area (Å²) >= 11 is 0. The second kappa shape index (κ2) is 13.7. The van der Waals surface area contributed by atoms with Crippen LogP contribution in [0.4, 0.5) is 0 Å². The summed E-state index contributed by atoms with van der Waals surface area (Å²) in [6.07, 6.45) is 7.87. The van der Waals surface area contributed by atoms with Gasteiger partial charge < -0.3 is 15.2 Å². The molecule has 0 fully saturated rings. The number of hydrogen-bond donors (Lipinski definition) is 1. The topological polar surface area (TPSA) is 72.7 Å². The molecule has 0 bridgehead atoms. The monoisotopic (exact) mass is 249 g/mol. The van der Waals surface area contributed by atoms with Crippen LogP contribution in [0.15, 0.2) is 17.1 Å². The van der Waals surface area contributed by atoms with Crippen molar-refractivity contribution in [2.75, 3.05) is 6.54 Å². The van der Waals surface area contributed by atoms with Crippen molar-refractivity contribution in [3.63, 3.8) is 0 Å². The van der Waals surface area contributed by atoms with E-state index in [2.05, 4.69) is 24.1 Å². The SMILES string of the molecule is CC/C=C/CCCC([O-])=NCCCC(=O)O.[Na+]. The number of aliphatic carboxylic acids is 1. The molecule has 0 amide bonds. The summed E-state index contributed by atoms with van der Waals surface area (Å²) in [7, 11) is 0. The van der Waals surface area contributed by atoms with E-state index in [-0.39, 0.29) is 41.9 Å². The molecule has 0 aromatic rings. The zero-order valence-electron chi connectivity index (χ0n) is 10.8. The molecule has 0 aliphatic carbocycles. The molecule has 0 unspecified atom stereocenters. The molecule has 0 rings (SSSR count). The third kappa shape index (κ3) is 15.7. The third-order valence-corrected chi connectivity index (χ3v) is 2.00. The second-order valence-corrected chi connectivity index (χ2v) is 3.54. The maximum atomic E-state index is 11.2. The van der Waals surface area contributed by atoms with E-state index in [9.17, 15) is 9.90 Å². The Balaban J connectivity index is 0. The van der Waals surface area contributed by atoms with E-state index in [0.717, 1.165) is 19.3 Å². The van der Waals surface area contributed by atoms with Gasteiger partial charge in [-0.15, -0.1) is 0 Å². The van der Waals surface area contributed by atoms with Gasteiger partial charge in [-0.3, -0.25) is 4.79 Å². The number of nitrogens with zero attached hydrogens (tertiary/aromatic N) is 1. The molecule has 0 heterocycles. The van der Waals surface area contributed by atoms with Gasteiger partial charge in [0.15, 0.2) is 0 Å². The minimum absolute atomic E-state index is 0. The Labute approximate surface area is 125 Å². The van der Waals surface area contributed by atoms with Crippen molar-refractivity contribution in [2.24, 2.45) is 4.99 Å². The van der Waals surface area contributed by atoms with Gasteiger partial charge in [0.1, 0.15) is 0 Å². The largest absolute Gasteiger partial charge is 1.00 e. The number of carboxylic acids is 1. The molecule has 0 aromatic heterocycles. The number of hydrogen-bond acceptors (Lipinski definition) is 3. The fourth-order valence-corrected chi connectivity index (χ4v) is 1.17. The van der Waals surface area contributed by atoms with Crippen molar-refractivity contribution in [3.05, 3.63) is 12.2 Å². The van der Waals surface area contributed by atoms with Crippen LogP contribution < -0.4 is 34.7 Å². The summed E-state index contributed by atoms with van der Waals surface area (Å²) in [5.74, 6) is -0.956. The minimum Gasteiger partial charge on any atom is -0.862 e. The van der Waals surface area contributed by atoms with Crippen molar-refractivity contribution in [1.29, 1.82) is 0 Å². The Bertz CT molecular complexity index is 252. The van der Waals surface area contributed by atoms with Crippen LogP contribution in [0.5, 0.6) is 0 Å². The van der Waals surface area contributed by atoms with Crippen LogP contribution in [0.25, 0.3) is 0 Å². The maximum Gasteiger partial charge on any atom is 1.00 e. The second-order valence-electron chi connectivity index (χ2n) is 3.54. The van der Waals surface area contributed by atoms with Crippen molar-refractivity contribution in [2.45, 2.75) is 45.4 Å². The van der Waals surface area contributed by atoms with Crippen molar-refractivity contribution < 1.29 is 44.6 Å². The standard InChI is InChI=1S/C12H21NO3.Na/c1-2-3-4-5-6-8-11(14)13-10-7-9-12(15)16;/h3-4H,2,5-10H2,1H3,(H,13,14)(H,15,16);/q;+1/p-1/b4-3+;. The molecule has 0 aliphatic heterocycles. The first-order chi connectivity index (χ1) is 7.66. The molecule has 0 spiro atoms. The average molecular weight is 249 g/mol. The molecule has 4 nitrogen and oxygen atoms in total. The first-order valence-corrected chi connectivity index (χ1v) is 5.74. The predicted molar refractivity (Wildman–Crippen MR) is 62.5 cm³/mol. The van der Waals surface area contributed by atoms with Crippen LogP contribution in [0.1, 0.15) is 45.4 Å². The Morgan fingerprint density at radius 3 is 2.59 bits per heavy atom. The van der Waals surface area contributed by atoms with E-state index in [4.69, 9.17) is 5.11 Å². The number of carboxylic acid groups (broad SMARTS) is 1. The van der Waals surface area contributed by atoms with E-state index in [1.165, 1.54) is 0 Å². The van der Waals surface area contributed by atoms with E-state index in [1.54, 1.807) is 0 Å². The molecule has 17 heavy (non-hydrogen) atoms. The van der Waals surface area contributed by atoms with Crippen LogP contribution in [0, 0.1) is 0 Å². The first kappa shape index (κ1) is 19.0. The Kier molecular flexibility index (Phi) is 15.4. The van der Waals surface area contributed by atoms with Gasteiger partial charge in [-0.2, -0.15) is 0 Å². The molecule has 5 heteroatoms. The van der Waals surface area contributed by atoms with Gasteiger partial charge in [0.2, 0.25) is 0 Å². The summed E-state index contributed by atoms with van der Waals surface area (Å²) in [5, 5.41) is 19.6. The van der Waals surface area contributed by atoms with Crippen LogP contribution >= 0.6 is 0 Å². The van der Waals surface area contributed by atoms with Crippen molar-refractivity contribution in [3.8, 4) is 0 Å². The number of carbonyl (C=O) groups is 1. The predicted octanol–water partition coefficient (Wildman–Crippen LogP) is -1.25. The van der Waals surface area contributed by atoms with Gasteiger partial charge >= 0.3 is 35.5 Å². The zero-order valence-corrected chi connectivity index (χ0v) is 12.8. The molecule has 92 valence electrons. The molecule has 0 atom stereocenters. The van der Waals surface area contributed by atoms with E-state index in [1.807, 2.05) is 0 Å². The Morgan fingerprint density at radius 2 is 2.00 bits per heavy atom. The summed E-state index contributed by atoms with van der Waals surface area (Å²) in [6.45, 7) is 2.40. The summed E-state index contributed by atoms with van der Waals surface area (Å²) in [4.78, 5) is 14.0. The Hall–Kier alpha value is -0.320. The molecule has 1 N–H and O–H groups in total. The first-order valence-electron chi connectivity index (χ1n) is 5.74. The molecular weight excluding hydrogens is 229 g/mol. The summed E-state index contributed by atoms with van der Waals surface area (Å²) in [5.41, 5.74) is 0. The van der Waals surface area contributed by atoms with Crippen molar-refractivity contribution in [1.82, 2.24) is 0 Å². The quantitative estimate of drug-likeness (QED) is 0.182. The zero-order chi connectivity index (χ0) is 12.2.